The molecule has 6 aliphatic heterocycles. The Morgan fingerprint density at radius 2 is 0.365 bits per heavy atom. The zero-order valence-electron chi connectivity index (χ0n) is 65.5. The molecule has 48 bridgehead atoms. The number of hydrogen-bond acceptors (Lipinski definition) is 17. The van der Waals surface area contributed by atoms with Crippen LogP contribution in [0, 0.1) is 0 Å². The molecule has 0 radical (unpaired) electrons. The van der Waals surface area contributed by atoms with Crippen molar-refractivity contribution in [2.45, 2.75) is 6.42 Å². The Morgan fingerprint density at radius 1 is 0.159 bits per heavy atom. The molecule has 24 heterocycles. The van der Waals surface area contributed by atoms with Crippen molar-refractivity contribution in [2.24, 2.45) is 0 Å². The van der Waals surface area contributed by atoms with Crippen LogP contribution in [0.4, 0.5) is 0 Å². The summed E-state index contributed by atoms with van der Waals surface area (Å²) >= 11 is 0. The molecule has 0 saturated heterocycles. The van der Waals surface area contributed by atoms with Gasteiger partial charge in [-0.25, -0.2) is 84.7 Å². The number of hydrogen-bond donors (Lipinski definition) is 7. The fraction of sp³-hybridized carbons (Fsp3) is 0.00980. The van der Waals surface area contributed by atoms with Gasteiger partial charge in [0.1, 0.15) is 66.2 Å². The van der Waals surface area contributed by atoms with E-state index in [-0.39, 0.29) is 0 Å². The van der Waals surface area contributed by atoms with E-state index in [0.29, 0.717) is 122 Å². The third-order valence-electron chi connectivity index (χ3n) is 25.9. The van der Waals surface area contributed by atoms with Crippen LogP contribution in [0.1, 0.15) is 68.3 Å². The Kier molecular flexibility index (Phi) is 11.9. The first-order chi connectivity index (χ1) is 62.2. The van der Waals surface area contributed by atoms with Crippen LogP contribution in [-0.4, -0.2) is 120 Å². The fourth-order valence-corrected chi connectivity index (χ4v) is 20.1. The van der Waals surface area contributed by atoms with Crippen LogP contribution < -0.4 is 0 Å². The van der Waals surface area contributed by atoms with E-state index in [0.717, 1.165) is 216 Å². The van der Waals surface area contributed by atoms with Crippen LogP contribution >= 0.6 is 0 Å². The van der Waals surface area contributed by atoms with Crippen molar-refractivity contribution in [1.29, 1.82) is 0 Å². The van der Waals surface area contributed by atoms with Gasteiger partial charge in [-0.05, 0) is 249 Å². The highest BCUT2D eigenvalue weighted by molar-refractivity contribution is 6.29. The van der Waals surface area contributed by atoms with Gasteiger partial charge < -0.3 is 34.9 Å². The van der Waals surface area contributed by atoms with Crippen molar-refractivity contribution in [2.75, 3.05) is 0 Å². The van der Waals surface area contributed by atoms with E-state index in [1.165, 1.54) is 0 Å². The number of nitrogens with zero attached hydrogens (tertiary/aromatic N) is 17. The molecule has 0 spiro atoms. The van der Waals surface area contributed by atoms with Crippen molar-refractivity contribution < 1.29 is 0 Å². The first-order valence-corrected chi connectivity index (χ1v) is 41.6. The van der Waals surface area contributed by atoms with E-state index in [1.807, 2.05) is 54.7 Å². The minimum atomic E-state index is 0.565. The van der Waals surface area contributed by atoms with Gasteiger partial charge in [0.05, 0.1) is 123 Å². The number of fused-ring (bicyclic) bond motifs is 36. The van der Waals surface area contributed by atoms with E-state index in [1.54, 1.807) is 0 Å². The van der Waals surface area contributed by atoms with Gasteiger partial charge in [0, 0.05) is 149 Å². The molecule has 0 atom stereocenters. The van der Waals surface area contributed by atoms with Crippen LogP contribution in [0.25, 0.3) is 325 Å². The number of rotatable bonds is 0. The minimum Gasteiger partial charge on any atom is -0.358 e. The van der Waals surface area contributed by atoms with Gasteiger partial charge in [-0.15, -0.1) is 0 Å². The maximum absolute atomic E-state index is 5.65. The number of benzene rings is 8. The van der Waals surface area contributed by atoms with Crippen LogP contribution in [0.3, 0.4) is 0 Å². The van der Waals surface area contributed by atoms with Crippen LogP contribution in [0.15, 0.2) is 188 Å². The summed E-state index contributed by atoms with van der Waals surface area (Å²) in [7, 11) is 0. The lowest BCUT2D eigenvalue weighted by Crippen LogP contribution is -2.01. The van der Waals surface area contributed by atoms with Crippen molar-refractivity contribution in [1.82, 2.24) is 120 Å². The summed E-state index contributed by atoms with van der Waals surface area (Å²) in [5.41, 5.74) is 38.3. The Balaban J connectivity index is 0.000000121. The van der Waals surface area contributed by atoms with E-state index in [9.17, 15) is 0 Å². The molecule has 578 valence electrons. The summed E-state index contributed by atoms with van der Waals surface area (Å²) < 4.78 is 0. The van der Waals surface area contributed by atoms with Crippen molar-refractivity contribution >= 4 is 302 Å². The SMILES string of the molecule is C1=Cc2nc1cc1ccc([nH]1)c1ccc3c4nc(cc5ccc([nH]5)c5ccc6c7nc(cc8ccc([nH]8)c8ccc2c2nc9c(nc82)c2nc6c5nc2c2nc3c1nc92)C=C7)C=C4.C1=Cc2nc1cc1ccc([nH]1)c1ccc3c4nc(cc5ccc([nH]5)c5ccc6c7nc8c9nc%10c(ccc2c%10nc9c2nc1c3nc2c8nc75)-c1ccc([nH]1)Cc1ccc-6[nH]1)C=C4. The largest absolute Gasteiger partial charge is 0.358 e. The molecular formula is C102H50N24. The zero-order valence-corrected chi connectivity index (χ0v) is 65.5. The maximum Gasteiger partial charge on any atom is 0.120 e. The summed E-state index contributed by atoms with van der Waals surface area (Å²) in [4.78, 5) is 119. The highest BCUT2D eigenvalue weighted by atomic mass is 15.0. The molecule has 24 heteroatoms. The van der Waals surface area contributed by atoms with Gasteiger partial charge >= 0.3 is 0 Å². The highest BCUT2D eigenvalue weighted by Gasteiger charge is 2.29. The quantitative estimate of drug-likeness (QED) is 0.0548. The van der Waals surface area contributed by atoms with E-state index >= 15 is 0 Å². The van der Waals surface area contributed by atoms with Crippen LogP contribution in [-0.2, 0) is 6.42 Å². The third kappa shape index (κ3) is 9.03. The van der Waals surface area contributed by atoms with Gasteiger partial charge in [0.25, 0.3) is 0 Å². The second-order valence-electron chi connectivity index (χ2n) is 33.3. The molecular weight excluding hydrogens is 1560 g/mol. The second kappa shape index (κ2) is 23.2. The minimum absolute atomic E-state index is 0.565. The highest BCUT2D eigenvalue weighted by Crippen LogP contribution is 2.46. The molecule has 7 N–H and O–H groups in total. The smallest absolute Gasteiger partial charge is 0.120 e. The van der Waals surface area contributed by atoms with E-state index in [2.05, 4.69) is 229 Å². The summed E-state index contributed by atoms with van der Waals surface area (Å²) in [6.45, 7) is 0. The summed E-state index contributed by atoms with van der Waals surface area (Å²) in [5.74, 6) is 0. The zero-order chi connectivity index (χ0) is 81.3. The first-order valence-electron chi connectivity index (χ1n) is 41.6. The molecule has 18 aromatic heterocycles. The topological polar surface area (TPSA) is 330 Å². The third-order valence-corrected chi connectivity index (χ3v) is 25.9. The molecule has 8 aromatic carbocycles. The Labute approximate surface area is 702 Å². The number of nitrogens with one attached hydrogen (secondary N) is 7. The van der Waals surface area contributed by atoms with Crippen molar-refractivity contribution in [3.8, 4) is 22.5 Å². The molecule has 0 unspecified atom stereocenters. The van der Waals surface area contributed by atoms with Crippen molar-refractivity contribution in [3.05, 3.63) is 256 Å². The summed E-state index contributed by atoms with van der Waals surface area (Å²) in [6.07, 6.45) is 21.1. The van der Waals surface area contributed by atoms with Gasteiger partial charge in [0.15, 0.2) is 0 Å². The number of aromatic nitrogens is 24. The van der Waals surface area contributed by atoms with Crippen molar-refractivity contribution in [3.63, 3.8) is 0 Å². The number of aromatic amines is 7. The average molecular weight is 1610 g/mol. The molecule has 32 rings (SSSR count). The molecule has 0 aliphatic carbocycles. The standard InChI is InChI=1S/C51H26N12.C51H24N12/c2*1-13-34-28-7-8-29-36-15-3-24(54-36)20-25-5-17-38(56-25)32-11-12-33-39-18-6-27(57-39)21-26-4-16-37(55-26)31-10-9-30(35-14-2-23(53-35)19-22(1)52-34)42-43(31)61-50-48(60-42)46-47(59-41(29)40(28)58-46)49-51(50)63-45(33)44(32)62-49/h1-20,52,55-57H,21H2;1-21,52,55-56H. The number of H-pyrrole nitrogens is 7. The molecule has 24 nitrogen and oxygen atoms in total. The normalized spacial score (nSPS) is 13.5. The molecule has 26 aromatic rings. The Morgan fingerprint density at radius 3 is 0.627 bits per heavy atom. The van der Waals surface area contributed by atoms with Gasteiger partial charge in [-0.1, -0.05) is 0 Å². The van der Waals surface area contributed by atoms with Gasteiger partial charge in [-0.2, -0.15) is 0 Å². The Hall–Kier alpha value is -17.9. The lowest BCUT2D eigenvalue weighted by atomic mass is 10.0. The van der Waals surface area contributed by atoms with Gasteiger partial charge in [0.2, 0.25) is 0 Å². The second-order valence-corrected chi connectivity index (χ2v) is 33.3. The summed E-state index contributed by atoms with van der Waals surface area (Å²) in [6, 6.07) is 64.9. The maximum atomic E-state index is 5.65. The first kappa shape index (κ1) is 65.0. The molecule has 126 heavy (non-hydrogen) atoms. The lowest BCUT2D eigenvalue weighted by molar-refractivity contribution is 1.06. The Bertz CT molecular complexity index is 9780. The van der Waals surface area contributed by atoms with Crippen LogP contribution in [0.5, 0.6) is 0 Å². The fourth-order valence-electron chi connectivity index (χ4n) is 20.1. The predicted molar refractivity (Wildman–Crippen MR) is 503 cm³/mol. The monoisotopic (exact) mass is 1610 g/mol. The summed E-state index contributed by atoms with van der Waals surface area (Å²) in [5, 5.41) is 8.72. The predicted octanol–water partition coefficient (Wildman–Crippen LogP) is 22.2. The van der Waals surface area contributed by atoms with E-state index in [4.69, 9.17) is 84.7 Å². The molecule has 0 amide bonds. The molecule has 0 fully saturated rings. The van der Waals surface area contributed by atoms with Crippen LogP contribution in [0.2, 0.25) is 0 Å². The lowest BCUT2D eigenvalue weighted by Gasteiger charge is -2.14. The molecule has 6 aliphatic rings. The van der Waals surface area contributed by atoms with Gasteiger partial charge in [-0.3, -0.25) is 0 Å². The van der Waals surface area contributed by atoms with E-state index < -0.39 is 0 Å². The average Bonchev–Trinajstić information content (AvgIpc) is 1.11. The molecule has 0 saturated carbocycles.